The predicted molar refractivity (Wildman–Crippen MR) is 43.9 cm³/mol. The number of nitrogen functional groups attached to an aromatic ring is 1. The summed E-state index contributed by atoms with van der Waals surface area (Å²) in [6.45, 7) is 1.85. The summed E-state index contributed by atoms with van der Waals surface area (Å²) < 4.78 is 0. The number of nitrogens with zero attached hydrogens (tertiary/aromatic N) is 2. The van der Waals surface area contributed by atoms with Gasteiger partial charge in [-0.1, -0.05) is 12.2 Å². The smallest absolute Gasteiger partial charge is 0.165 e. The Morgan fingerprint density at radius 3 is 2.90 bits per heavy atom. The van der Waals surface area contributed by atoms with Crippen LogP contribution in [0.15, 0.2) is 6.20 Å². The zero-order chi connectivity index (χ0) is 7.56. The van der Waals surface area contributed by atoms with Gasteiger partial charge < -0.3 is 5.73 Å². The van der Waals surface area contributed by atoms with E-state index in [9.17, 15) is 0 Å². The first-order valence-corrected chi connectivity index (χ1v) is 3.25. The second kappa shape index (κ2) is 2.70. The predicted octanol–water partition coefficient (Wildman–Crippen LogP) is 0.715. The van der Waals surface area contributed by atoms with Gasteiger partial charge in [0.2, 0.25) is 0 Å². The molecule has 0 fully saturated rings. The van der Waals surface area contributed by atoms with E-state index < -0.39 is 0 Å². The molecule has 0 aromatic carbocycles. The van der Waals surface area contributed by atoms with Crippen LogP contribution in [-0.2, 0) is 0 Å². The number of aryl methyl sites for hydroxylation is 1. The van der Waals surface area contributed by atoms with E-state index in [0.29, 0.717) is 11.6 Å². The quantitative estimate of drug-likeness (QED) is 0.604. The van der Waals surface area contributed by atoms with Crippen molar-refractivity contribution in [1.82, 2.24) is 9.97 Å². The van der Waals surface area contributed by atoms with Crippen LogP contribution >= 0.6 is 12.2 Å². The molecule has 0 amide bonds. The van der Waals surface area contributed by atoms with Crippen molar-refractivity contribution in [3.63, 3.8) is 0 Å². The summed E-state index contributed by atoms with van der Waals surface area (Å²) in [7, 11) is 0. The van der Waals surface area contributed by atoms with E-state index in [1.54, 1.807) is 6.20 Å². The molecule has 0 unspecified atom stereocenters. The number of thiocarbonyl (C=S) groups is 1. The molecule has 52 valence electrons. The van der Waals surface area contributed by atoms with Crippen molar-refractivity contribution < 1.29 is 0 Å². The van der Waals surface area contributed by atoms with Crippen LogP contribution in [0.1, 0.15) is 11.4 Å². The van der Waals surface area contributed by atoms with E-state index in [1.165, 1.54) is 5.37 Å². The molecule has 0 aliphatic heterocycles. The Hall–Kier alpha value is -1.03. The monoisotopic (exact) mass is 153 g/mol. The fourth-order valence-electron chi connectivity index (χ4n) is 0.526. The highest BCUT2D eigenvalue weighted by Gasteiger charge is 1.95. The van der Waals surface area contributed by atoms with E-state index in [1.807, 2.05) is 6.92 Å². The molecule has 0 bridgehead atoms. The SMILES string of the molecule is Cc1cnc(C=S)nc1N. The molecule has 1 aromatic rings. The lowest BCUT2D eigenvalue weighted by molar-refractivity contribution is 1.12. The van der Waals surface area contributed by atoms with E-state index in [0.717, 1.165) is 5.56 Å². The van der Waals surface area contributed by atoms with E-state index in [-0.39, 0.29) is 0 Å². The van der Waals surface area contributed by atoms with Crippen LogP contribution in [0, 0.1) is 6.92 Å². The summed E-state index contributed by atoms with van der Waals surface area (Å²) in [5.74, 6) is 0.990. The van der Waals surface area contributed by atoms with Gasteiger partial charge in [0.15, 0.2) is 5.82 Å². The van der Waals surface area contributed by atoms with E-state index in [4.69, 9.17) is 5.73 Å². The molecule has 1 aromatic heterocycles. The Bertz CT molecular complexity index is 259. The van der Waals surface area contributed by atoms with Crippen molar-refractivity contribution in [3.05, 3.63) is 17.6 Å². The third kappa shape index (κ3) is 1.27. The fourth-order valence-corrected chi connectivity index (χ4v) is 0.640. The van der Waals surface area contributed by atoms with Crippen LogP contribution in [0.4, 0.5) is 5.82 Å². The number of nitrogens with two attached hydrogens (primary N) is 1. The number of aromatic nitrogens is 2. The largest absolute Gasteiger partial charge is 0.383 e. The Kier molecular flexibility index (Phi) is 1.91. The summed E-state index contributed by atoms with van der Waals surface area (Å²) >= 11 is 4.62. The average molecular weight is 153 g/mol. The molecular weight excluding hydrogens is 146 g/mol. The summed E-state index contributed by atoms with van der Waals surface area (Å²) in [5.41, 5.74) is 6.35. The maximum absolute atomic E-state index is 5.48. The van der Waals surface area contributed by atoms with Crippen LogP contribution in [0.5, 0.6) is 0 Å². The molecule has 0 aliphatic rings. The third-order valence-electron chi connectivity index (χ3n) is 1.13. The van der Waals surface area contributed by atoms with Crippen molar-refractivity contribution in [1.29, 1.82) is 0 Å². The highest BCUT2D eigenvalue weighted by Crippen LogP contribution is 2.02. The zero-order valence-electron chi connectivity index (χ0n) is 5.53. The number of anilines is 1. The van der Waals surface area contributed by atoms with Crippen molar-refractivity contribution in [3.8, 4) is 0 Å². The molecule has 2 N–H and O–H groups in total. The summed E-state index contributed by atoms with van der Waals surface area (Å²) in [6, 6.07) is 0. The van der Waals surface area contributed by atoms with Gasteiger partial charge in [0.1, 0.15) is 5.82 Å². The first-order valence-electron chi connectivity index (χ1n) is 2.78. The molecule has 0 aliphatic carbocycles. The zero-order valence-corrected chi connectivity index (χ0v) is 6.35. The molecule has 0 saturated carbocycles. The van der Waals surface area contributed by atoms with Gasteiger partial charge in [-0.25, -0.2) is 9.97 Å². The van der Waals surface area contributed by atoms with Crippen molar-refractivity contribution in [2.75, 3.05) is 5.73 Å². The average Bonchev–Trinajstić information content (AvgIpc) is 1.95. The maximum atomic E-state index is 5.48. The summed E-state index contributed by atoms with van der Waals surface area (Å²) in [4.78, 5) is 7.80. The highest BCUT2D eigenvalue weighted by atomic mass is 32.1. The van der Waals surface area contributed by atoms with Gasteiger partial charge in [-0.3, -0.25) is 0 Å². The second-order valence-corrected chi connectivity index (χ2v) is 2.15. The summed E-state index contributed by atoms with van der Waals surface area (Å²) in [5, 5.41) is 1.40. The minimum absolute atomic E-state index is 0.492. The fraction of sp³-hybridized carbons (Fsp3) is 0.167. The third-order valence-corrected chi connectivity index (χ3v) is 1.35. The van der Waals surface area contributed by atoms with Gasteiger partial charge in [-0.2, -0.15) is 0 Å². The number of hydrogen-bond donors (Lipinski definition) is 1. The molecule has 3 nitrogen and oxygen atoms in total. The molecule has 0 atom stereocenters. The number of hydrogen-bond acceptors (Lipinski definition) is 4. The molecule has 0 spiro atoms. The minimum Gasteiger partial charge on any atom is -0.383 e. The van der Waals surface area contributed by atoms with Crippen LogP contribution in [-0.4, -0.2) is 15.3 Å². The van der Waals surface area contributed by atoms with Crippen LogP contribution in [0.3, 0.4) is 0 Å². The second-order valence-electron chi connectivity index (χ2n) is 1.91. The van der Waals surface area contributed by atoms with Gasteiger partial charge in [0.25, 0.3) is 0 Å². The van der Waals surface area contributed by atoms with E-state index >= 15 is 0 Å². The first kappa shape index (κ1) is 7.08. The Balaban J connectivity index is 3.16. The van der Waals surface area contributed by atoms with Crippen molar-refractivity contribution >= 4 is 23.4 Å². The standard InChI is InChI=1S/C6H7N3S/c1-4-2-8-5(3-10)9-6(4)7/h2-3H,1H3,(H2,7,8,9). The van der Waals surface area contributed by atoms with Crippen LogP contribution in [0.25, 0.3) is 0 Å². The lowest BCUT2D eigenvalue weighted by Crippen LogP contribution is -1.99. The van der Waals surface area contributed by atoms with Crippen molar-refractivity contribution in [2.24, 2.45) is 0 Å². The minimum atomic E-state index is 0.492. The normalized spacial score (nSPS) is 9.30. The Morgan fingerprint density at radius 2 is 2.40 bits per heavy atom. The summed E-state index contributed by atoms with van der Waals surface area (Å²) in [6.07, 6.45) is 1.65. The lowest BCUT2D eigenvalue weighted by atomic mass is 10.3. The van der Waals surface area contributed by atoms with Gasteiger partial charge in [0, 0.05) is 17.1 Å². The van der Waals surface area contributed by atoms with Gasteiger partial charge in [-0.05, 0) is 6.92 Å². The Labute approximate surface area is 64.3 Å². The molecule has 4 heteroatoms. The van der Waals surface area contributed by atoms with E-state index in [2.05, 4.69) is 22.2 Å². The topological polar surface area (TPSA) is 51.8 Å². The first-order chi connectivity index (χ1) is 4.74. The van der Waals surface area contributed by atoms with Gasteiger partial charge in [-0.15, -0.1) is 0 Å². The molecule has 1 rings (SSSR count). The Morgan fingerprint density at radius 1 is 1.70 bits per heavy atom. The molecular formula is C6H7N3S. The molecule has 0 radical (unpaired) electrons. The lowest BCUT2D eigenvalue weighted by Gasteiger charge is -1.96. The van der Waals surface area contributed by atoms with Gasteiger partial charge >= 0.3 is 0 Å². The number of rotatable bonds is 1. The van der Waals surface area contributed by atoms with Crippen molar-refractivity contribution in [2.45, 2.75) is 6.92 Å². The van der Waals surface area contributed by atoms with Crippen LogP contribution < -0.4 is 5.73 Å². The highest BCUT2D eigenvalue weighted by molar-refractivity contribution is 7.79. The molecule has 1 heterocycles. The molecule has 10 heavy (non-hydrogen) atoms. The maximum Gasteiger partial charge on any atom is 0.165 e. The van der Waals surface area contributed by atoms with Gasteiger partial charge in [0.05, 0.1) is 0 Å². The molecule has 0 saturated heterocycles. The van der Waals surface area contributed by atoms with Crippen LogP contribution in [0.2, 0.25) is 0 Å².